The van der Waals surface area contributed by atoms with Crippen molar-refractivity contribution in [3.8, 4) is 0 Å². The van der Waals surface area contributed by atoms with Crippen molar-refractivity contribution in [2.75, 3.05) is 24.5 Å². The van der Waals surface area contributed by atoms with Crippen LogP contribution in [0.2, 0.25) is 0 Å². The molecule has 0 unspecified atom stereocenters. The molecule has 1 N–H and O–H groups in total. The zero-order chi connectivity index (χ0) is 18.2. The van der Waals surface area contributed by atoms with Crippen molar-refractivity contribution in [2.45, 2.75) is 66.7 Å². The summed E-state index contributed by atoms with van der Waals surface area (Å²) in [4.78, 5) is 23.3. The Bertz CT molecular complexity index is 514. The van der Waals surface area contributed by atoms with Gasteiger partial charge in [-0.2, -0.15) is 0 Å². The zero-order valence-electron chi connectivity index (χ0n) is 16.2. The summed E-state index contributed by atoms with van der Waals surface area (Å²) in [5.74, 6) is 2.24. The van der Waals surface area contributed by atoms with Crippen LogP contribution in [0.1, 0.15) is 72.5 Å². The number of carbonyl (C=O) groups excluding carboxylic acids is 1. The Kier molecular flexibility index (Phi) is 8.16. The second-order valence-corrected chi connectivity index (χ2v) is 7.46. The summed E-state index contributed by atoms with van der Waals surface area (Å²) < 4.78 is 0. The van der Waals surface area contributed by atoms with E-state index in [0.717, 1.165) is 37.6 Å². The lowest BCUT2D eigenvalue weighted by molar-refractivity contribution is -0.123. The average Bonchev–Trinajstić information content (AvgIpc) is 2.53. The van der Waals surface area contributed by atoms with Gasteiger partial charge in [-0.05, 0) is 17.9 Å². The van der Waals surface area contributed by atoms with Gasteiger partial charge in [0.15, 0.2) is 0 Å². The Labute approximate surface area is 147 Å². The summed E-state index contributed by atoms with van der Waals surface area (Å²) in [5.41, 5.74) is 0.0615. The lowest BCUT2D eigenvalue weighted by Crippen LogP contribution is -2.37. The van der Waals surface area contributed by atoms with Crippen LogP contribution in [0.4, 0.5) is 5.82 Å². The monoisotopic (exact) mass is 334 g/mol. The summed E-state index contributed by atoms with van der Waals surface area (Å²) in [7, 11) is 0. The number of nitrogens with one attached hydrogen (secondary N) is 1. The molecular formula is C19H34N4O. The Balaban J connectivity index is 2.61. The van der Waals surface area contributed by atoms with E-state index in [0.29, 0.717) is 18.9 Å². The number of rotatable bonds is 10. The third kappa shape index (κ3) is 6.85. The number of hydrogen-bond acceptors (Lipinski definition) is 4. The van der Waals surface area contributed by atoms with Gasteiger partial charge in [-0.1, -0.05) is 48.0 Å². The summed E-state index contributed by atoms with van der Waals surface area (Å²) >= 11 is 0. The molecule has 0 aromatic carbocycles. The molecule has 1 rings (SSSR count). The highest BCUT2D eigenvalue weighted by Gasteiger charge is 2.19. The van der Waals surface area contributed by atoms with Crippen LogP contribution in [0.5, 0.6) is 0 Å². The highest BCUT2D eigenvalue weighted by atomic mass is 16.1. The van der Waals surface area contributed by atoms with Crippen LogP contribution in [0.25, 0.3) is 0 Å². The van der Waals surface area contributed by atoms with Crippen LogP contribution in [0.15, 0.2) is 12.3 Å². The third-order valence-electron chi connectivity index (χ3n) is 4.29. The summed E-state index contributed by atoms with van der Waals surface area (Å²) in [6, 6.07) is 1.95. The van der Waals surface area contributed by atoms with E-state index in [4.69, 9.17) is 0 Å². The molecule has 1 aromatic heterocycles. The molecule has 5 heteroatoms. The topological polar surface area (TPSA) is 58.1 Å². The molecular weight excluding hydrogens is 300 g/mol. The fraction of sp³-hybridized carbons (Fsp3) is 0.737. The zero-order valence-corrected chi connectivity index (χ0v) is 16.2. The molecule has 0 atom stereocenters. The molecule has 0 radical (unpaired) electrons. The van der Waals surface area contributed by atoms with E-state index in [2.05, 4.69) is 61.7 Å². The number of hydrogen-bond donors (Lipinski definition) is 1. The van der Waals surface area contributed by atoms with Gasteiger partial charge in [0.05, 0.1) is 0 Å². The largest absolute Gasteiger partial charge is 0.355 e. The van der Waals surface area contributed by atoms with E-state index in [9.17, 15) is 4.79 Å². The van der Waals surface area contributed by atoms with Crippen LogP contribution in [-0.4, -0.2) is 35.5 Å². The maximum Gasteiger partial charge on any atom is 0.220 e. The van der Waals surface area contributed by atoms with E-state index in [1.54, 1.807) is 0 Å². The first kappa shape index (κ1) is 20.4. The molecule has 0 aliphatic carbocycles. The Morgan fingerprint density at radius 1 is 1.29 bits per heavy atom. The van der Waals surface area contributed by atoms with Gasteiger partial charge in [0.25, 0.3) is 0 Å². The smallest absolute Gasteiger partial charge is 0.220 e. The highest BCUT2D eigenvalue weighted by Crippen LogP contribution is 2.23. The second-order valence-electron chi connectivity index (χ2n) is 7.46. The maximum absolute atomic E-state index is 12.1. The van der Waals surface area contributed by atoms with Gasteiger partial charge in [0, 0.05) is 38.2 Å². The number of aromatic nitrogens is 2. The van der Waals surface area contributed by atoms with Gasteiger partial charge in [0.1, 0.15) is 11.6 Å². The van der Waals surface area contributed by atoms with Crippen molar-refractivity contribution in [1.29, 1.82) is 0 Å². The molecule has 136 valence electrons. The van der Waals surface area contributed by atoms with Crippen LogP contribution in [0, 0.1) is 5.41 Å². The third-order valence-corrected chi connectivity index (χ3v) is 4.29. The van der Waals surface area contributed by atoms with Gasteiger partial charge < -0.3 is 10.2 Å². The van der Waals surface area contributed by atoms with E-state index >= 15 is 0 Å². The second kappa shape index (κ2) is 9.60. The summed E-state index contributed by atoms with van der Waals surface area (Å²) in [6.45, 7) is 15.1. The van der Waals surface area contributed by atoms with E-state index < -0.39 is 0 Å². The van der Waals surface area contributed by atoms with E-state index in [-0.39, 0.29) is 11.3 Å². The Morgan fingerprint density at radius 3 is 2.58 bits per heavy atom. The van der Waals surface area contributed by atoms with Gasteiger partial charge in [-0.25, -0.2) is 9.97 Å². The molecule has 0 fully saturated rings. The number of amides is 1. The van der Waals surface area contributed by atoms with Crippen LogP contribution in [0.3, 0.4) is 0 Å². The van der Waals surface area contributed by atoms with Gasteiger partial charge >= 0.3 is 0 Å². The molecule has 0 aliphatic heterocycles. The van der Waals surface area contributed by atoms with Crippen molar-refractivity contribution in [1.82, 2.24) is 15.3 Å². The van der Waals surface area contributed by atoms with Crippen molar-refractivity contribution in [2.24, 2.45) is 5.41 Å². The number of carbonyl (C=O) groups is 1. The van der Waals surface area contributed by atoms with Crippen molar-refractivity contribution in [3.63, 3.8) is 0 Å². The predicted octanol–water partition coefficient (Wildman–Crippen LogP) is 3.76. The van der Waals surface area contributed by atoms with Gasteiger partial charge in [0.2, 0.25) is 5.91 Å². The first-order valence-electron chi connectivity index (χ1n) is 9.13. The maximum atomic E-state index is 12.1. The standard InChI is InChI=1S/C19H34N4O/c1-7-12-23(16-9-10-21-18(22-16)15(3)4)13-11-20-17(24)14-19(5,6)8-2/h9-10,15H,7-8,11-14H2,1-6H3,(H,20,24). The molecule has 0 aliphatic rings. The minimum Gasteiger partial charge on any atom is -0.355 e. The first-order valence-corrected chi connectivity index (χ1v) is 9.13. The van der Waals surface area contributed by atoms with Gasteiger partial charge in [-0.3, -0.25) is 4.79 Å². The van der Waals surface area contributed by atoms with Gasteiger partial charge in [-0.15, -0.1) is 0 Å². The number of anilines is 1. The predicted molar refractivity (Wildman–Crippen MR) is 100 cm³/mol. The molecule has 0 saturated carbocycles. The summed E-state index contributed by atoms with van der Waals surface area (Å²) in [5, 5.41) is 3.05. The fourth-order valence-corrected chi connectivity index (χ4v) is 2.38. The van der Waals surface area contributed by atoms with E-state index in [1.165, 1.54) is 0 Å². The molecule has 1 aromatic rings. The van der Waals surface area contributed by atoms with Crippen molar-refractivity contribution < 1.29 is 4.79 Å². The summed E-state index contributed by atoms with van der Waals surface area (Å²) in [6.07, 6.45) is 4.43. The molecule has 5 nitrogen and oxygen atoms in total. The van der Waals surface area contributed by atoms with E-state index in [1.807, 2.05) is 12.3 Å². The van der Waals surface area contributed by atoms with Crippen LogP contribution < -0.4 is 10.2 Å². The molecule has 1 heterocycles. The minimum atomic E-state index is 0.0615. The molecule has 0 bridgehead atoms. The molecule has 1 amide bonds. The van der Waals surface area contributed by atoms with Crippen molar-refractivity contribution in [3.05, 3.63) is 18.1 Å². The average molecular weight is 335 g/mol. The van der Waals surface area contributed by atoms with Crippen molar-refractivity contribution >= 4 is 11.7 Å². The number of nitrogens with zero attached hydrogens (tertiary/aromatic N) is 3. The lowest BCUT2D eigenvalue weighted by atomic mass is 9.86. The quantitative estimate of drug-likeness (QED) is 0.708. The Hall–Kier alpha value is -1.65. The van der Waals surface area contributed by atoms with Crippen LogP contribution in [-0.2, 0) is 4.79 Å². The first-order chi connectivity index (χ1) is 11.3. The minimum absolute atomic E-state index is 0.0615. The molecule has 0 spiro atoms. The van der Waals surface area contributed by atoms with Crippen LogP contribution >= 0.6 is 0 Å². The fourth-order valence-electron chi connectivity index (χ4n) is 2.38. The Morgan fingerprint density at radius 2 is 2.00 bits per heavy atom. The lowest BCUT2D eigenvalue weighted by Gasteiger charge is -2.25. The molecule has 24 heavy (non-hydrogen) atoms. The normalized spacial score (nSPS) is 11.6. The SMILES string of the molecule is CCCN(CCNC(=O)CC(C)(C)CC)c1ccnc(C(C)C)n1. The molecule has 0 saturated heterocycles. The highest BCUT2D eigenvalue weighted by molar-refractivity contribution is 5.76.